The zero-order chi connectivity index (χ0) is 23.6. The van der Waals surface area contributed by atoms with Crippen LogP contribution in [-0.4, -0.2) is 61.7 Å². The standard InChI is InChI=1S/C21H26O11/c22-11-1-4-20(26)32-31-15-3-14-30-21(27)16-5-7-17(8-6-16)28-12-2-13-29-19(25)10-9-18(23)24/h5-8,11H,1-4,9-10,12-15H2,(H,23,24). The molecule has 11 nitrogen and oxygen atoms in total. The minimum absolute atomic E-state index is 0.0434. The average Bonchev–Trinajstić information content (AvgIpc) is 2.78. The van der Waals surface area contributed by atoms with Crippen LogP contribution < -0.4 is 4.74 Å². The van der Waals surface area contributed by atoms with Gasteiger partial charge in [0.1, 0.15) is 12.0 Å². The first kappa shape index (κ1) is 26.6. The van der Waals surface area contributed by atoms with Crippen LogP contribution in [0.5, 0.6) is 5.75 Å². The first-order valence-electron chi connectivity index (χ1n) is 9.95. The van der Waals surface area contributed by atoms with Gasteiger partial charge in [-0.2, -0.15) is 4.89 Å². The van der Waals surface area contributed by atoms with Crippen LogP contribution in [0, 0.1) is 0 Å². The normalized spacial score (nSPS) is 10.1. The lowest BCUT2D eigenvalue weighted by atomic mass is 10.2. The number of carbonyl (C=O) groups excluding carboxylic acids is 4. The smallest absolute Gasteiger partial charge is 0.342 e. The molecule has 0 spiro atoms. The fourth-order valence-electron chi connectivity index (χ4n) is 2.10. The van der Waals surface area contributed by atoms with E-state index in [1.807, 2.05) is 0 Å². The summed E-state index contributed by atoms with van der Waals surface area (Å²) in [4.78, 5) is 63.9. The number of carbonyl (C=O) groups is 5. The first-order chi connectivity index (χ1) is 15.4. The number of rotatable bonds is 17. The highest BCUT2D eigenvalue weighted by Crippen LogP contribution is 2.13. The number of hydrogen-bond acceptors (Lipinski definition) is 10. The Morgan fingerprint density at radius 1 is 0.812 bits per heavy atom. The van der Waals surface area contributed by atoms with Crippen molar-refractivity contribution in [2.24, 2.45) is 0 Å². The molecule has 0 unspecified atom stereocenters. The molecule has 0 atom stereocenters. The van der Waals surface area contributed by atoms with E-state index in [1.54, 1.807) is 12.1 Å². The molecule has 1 aromatic rings. The molecule has 11 heteroatoms. The highest BCUT2D eigenvalue weighted by atomic mass is 17.2. The lowest BCUT2D eigenvalue weighted by molar-refractivity contribution is -0.273. The number of carboxylic acid groups (broad SMARTS) is 1. The van der Waals surface area contributed by atoms with Gasteiger partial charge in [0, 0.05) is 19.3 Å². The second-order valence-electron chi connectivity index (χ2n) is 6.31. The number of aliphatic carboxylic acids is 1. The zero-order valence-corrected chi connectivity index (χ0v) is 17.5. The van der Waals surface area contributed by atoms with Crippen molar-refractivity contribution in [3.63, 3.8) is 0 Å². The molecule has 0 aromatic heterocycles. The van der Waals surface area contributed by atoms with Crippen LogP contribution in [0.15, 0.2) is 24.3 Å². The zero-order valence-electron chi connectivity index (χ0n) is 17.5. The molecule has 0 amide bonds. The van der Waals surface area contributed by atoms with Gasteiger partial charge in [-0.3, -0.25) is 14.5 Å². The van der Waals surface area contributed by atoms with Crippen molar-refractivity contribution >= 4 is 30.2 Å². The summed E-state index contributed by atoms with van der Waals surface area (Å²) in [5.74, 6) is -2.29. The maximum Gasteiger partial charge on any atom is 0.342 e. The molecule has 32 heavy (non-hydrogen) atoms. The molecule has 0 aliphatic heterocycles. The fourth-order valence-corrected chi connectivity index (χ4v) is 2.10. The van der Waals surface area contributed by atoms with E-state index in [0.29, 0.717) is 30.4 Å². The Kier molecular flexibility index (Phi) is 13.5. The molecule has 1 rings (SSSR count). The van der Waals surface area contributed by atoms with E-state index >= 15 is 0 Å². The van der Waals surface area contributed by atoms with E-state index in [2.05, 4.69) is 9.78 Å². The Balaban J connectivity index is 2.13. The monoisotopic (exact) mass is 454 g/mol. The quantitative estimate of drug-likeness (QED) is 0.121. The topological polar surface area (TPSA) is 152 Å². The average molecular weight is 454 g/mol. The third-order valence-electron chi connectivity index (χ3n) is 3.68. The van der Waals surface area contributed by atoms with E-state index in [-0.39, 0.29) is 52.1 Å². The highest BCUT2D eigenvalue weighted by Gasteiger charge is 2.09. The van der Waals surface area contributed by atoms with Gasteiger partial charge in [0.15, 0.2) is 0 Å². The molecule has 0 aliphatic rings. The number of esters is 2. The summed E-state index contributed by atoms with van der Waals surface area (Å²) >= 11 is 0. The molecule has 0 radical (unpaired) electrons. The number of hydrogen-bond donors (Lipinski definition) is 1. The van der Waals surface area contributed by atoms with Crippen molar-refractivity contribution in [2.45, 2.75) is 38.5 Å². The first-order valence-corrected chi connectivity index (χ1v) is 9.95. The van der Waals surface area contributed by atoms with Gasteiger partial charge < -0.3 is 24.1 Å². The van der Waals surface area contributed by atoms with Crippen molar-refractivity contribution in [2.75, 3.05) is 26.4 Å². The maximum absolute atomic E-state index is 12.0. The van der Waals surface area contributed by atoms with Gasteiger partial charge >= 0.3 is 23.9 Å². The number of carboxylic acids is 1. The second kappa shape index (κ2) is 16.3. The van der Waals surface area contributed by atoms with Gasteiger partial charge in [-0.1, -0.05) is 0 Å². The molecule has 0 saturated heterocycles. The molecule has 0 saturated carbocycles. The molecule has 1 N–H and O–H groups in total. The van der Waals surface area contributed by atoms with Crippen LogP contribution in [0.4, 0.5) is 0 Å². The molecule has 1 aromatic carbocycles. The maximum atomic E-state index is 12.0. The van der Waals surface area contributed by atoms with Crippen LogP contribution in [0.3, 0.4) is 0 Å². The lowest BCUT2D eigenvalue weighted by Crippen LogP contribution is -2.11. The summed E-state index contributed by atoms with van der Waals surface area (Å²) in [5, 5.41) is 8.48. The fraction of sp³-hybridized carbons (Fsp3) is 0.476. The number of aldehydes is 1. The summed E-state index contributed by atoms with van der Waals surface area (Å²) in [6.07, 6.45) is 0.919. The van der Waals surface area contributed by atoms with E-state index in [1.165, 1.54) is 12.1 Å². The Morgan fingerprint density at radius 3 is 2.19 bits per heavy atom. The van der Waals surface area contributed by atoms with Crippen LogP contribution in [0.25, 0.3) is 0 Å². The molecule has 176 valence electrons. The summed E-state index contributed by atoms with van der Waals surface area (Å²) in [5.41, 5.74) is 0.325. The van der Waals surface area contributed by atoms with Crippen LogP contribution in [-0.2, 0) is 38.4 Å². The summed E-state index contributed by atoms with van der Waals surface area (Å²) in [6.45, 7) is 0.496. The lowest BCUT2D eigenvalue weighted by Gasteiger charge is -2.08. The predicted octanol–water partition coefficient (Wildman–Crippen LogP) is 1.86. The number of ether oxygens (including phenoxy) is 3. The third-order valence-corrected chi connectivity index (χ3v) is 3.68. The molecular formula is C21H26O11. The highest BCUT2D eigenvalue weighted by molar-refractivity contribution is 5.89. The van der Waals surface area contributed by atoms with Gasteiger partial charge in [-0.05, 0) is 24.3 Å². The van der Waals surface area contributed by atoms with Crippen LogP contribution in [0.2, 0.25) is 0 Å². The van der Waals surface area contributed by atoms with Crippen molar-refractivity contribution in [1.82, 2.24) is 0 Å². The van der Waals surface area contributed by atoms with Crippen molar-refractivity contribution in [3.8, 4) is 5.75 Å². The van der Waals surface area contributed by atoms with Crippen LogP contribution in [0.1, 0.15) is 48.9 Å². The molecule has 0 heterocycles. The summed E-state index contributed by atoms with van der Waals surface area (Å²) in [7, 11) is 0. The van der Waals surface area contributed by atoms with Crippen molar-refractivity contribution in [1.29, 1.82) is 0 Å². The van der Waals surface area contributed by atoms with Crippen LogP contribution >= 0.6 is 0 Å². The molecule has 0 bridgehead atoms. The van der Waals surface area contributed by atoms with E-state index in [0.717, 1.165) is 0 Å². The summed E-state index contributed by atoms with van der Waals surface area (Å²) in [6, 6.07) is 6.26. The Hall–Kier alpha value is -3.47. The third kappa shape index (κ3) is 13.0. The predicted molar refractivity (Wildman–Crippen MR) is 107 cm³/mol. The van der Waals surface area contributed by atoms with E-state index in [9.17, 15) is 24.0 Å². The van der Waals surface area contributed by atoms with Gasteiger partial charge in [-0.25, -0.2) is 9.59 Å². The SMILES string of the molecule is O=CCCC(=O)OOCCCOC(=O)c1ccc(OCCCOC(=O)CCC(=O)O)cc1. The Morgan fingerprint density at radius 2 is 1.50 bits per heavy atom. The largest absolute Gasteiger partial charge is 0.493 e. The van der Waals surface area contributed by atoms with Crippen molar-refractivity contribution < 1.29 is 53.1 Å². The Labute approximate surface area is 184 Å². The van der Waals surface area contributed by atoms with Gasteiger partial charge in [0.25, 0.3) is 0 Å². The Bertz CT molecular complexity index is 743. The van der Waals surface area contributed by atoms with Gasteiger partial charge in [-0.15, -0.1) is 0 Å². The second-order valence-corrected chi connectivity index (χ2v) is 6.31. The van der Waals surface area contributed by atoms with Gasteiger partial charge in [0.2, 0.25) is 0 Å². The van der Waals surface area contributed by atoms with E-state index in [4.69, 9.17) is 19.3 Å². The minimum Gasteiger partial charge on any atom is -0.493 e. The molecule has 0 fully saturated rings. The van der Waals surface area contributed by atoms with Gasteiger partial charge in [0.05, 0.1) is 51.3 Å². The summed E-state index contributed by atoms with van der Waals surface area (Å²) < 4.78 is 15.4. The molecular weight excluding hydrogens is 428 g/mol. The number of benzene rings is 1. The van der Waals surface area contributed by atoms with Crippen molar-refractivity contribution in [3.05, 3.63) is 29.8 Å². The molecule has 0 aliphatic carbocycles. The van der Waals surface area contributed by atoms with E-state index < -0.39 is 23.9 Å². The minimum atomic E-state index is -1.06.